The molecule has 1 amide bonds. The summed E-state index contributed by atoms with van der Waals surface area (Å²) < 4.78 is 30.3. The summed E-state index contributed by atoms with van der Waals surface area (Å²) in [5.74, 6) is 1.02. The first-order chi connectivity index (χ1) is 16.9. The number of carbonyl (C=O) groups excluding carboxylic acids is 1. The van der Waals surface area contributed by atoms with Crippen LogP contribution >= 0.6 is 0 Å². The molecular formula is C25H23N5O4S. The van der Waals surface area contributed by atoms with E-state index in [0.29, 0.717) is 11.3 Å². The third kappa shape index (κ3) is 4.84. The molecular weight excluding hydrogens is 466 g/mol. The summed E-state index contributed by atoms with van der Waals surface area (Å²) in [4.78, 5) is 28.3. The number of fused-ring (bicyclic) bond motifs is 2. The van der Waals surface area contributed by atoms with Gasteiger partial charge in [-0.25, -0.2) is 18.4 Å². The average molecular weight is 490 g/mol. The molecule has 35 heavy (non-hydrogen) atoms. The zero-order valence-electron chi connectivity index (χ0n) is 19.0. The lowest BCUT2D eigenvalue weighted by Crippen LogP contribution is -2.24. The number of ether oxygens (including phenoxy) is 1. The first-order valence-corrected chi connectivity index (χ1v) is 12.7. The highest BCUT2D eigenvalue weighted by molar-refractivity contribution is 7.91. The van der Waals surface area contributed by atoms with Crippen LogP contribution in [0.25, 0.3) is 10.9 Å². The van der Waals surface area contributed by atoms with Gasteiger partial charge in [0.2, 0.25) is 0 Å². The van der Waals surface area contributed by atoms with Crippen molar-refractivity contribution >= 4 is 38.3 Å². The maximum Gasteiger partial charge on any atom is 0.251 e. The van der Waals surface area contributed by atoms with Crippen molar-refractivity contribution < 1.29 is 17.9 Å². The highest BCUT2D eigenvalue weighted by atomic mass is 32.2. The minimum atomic E-state index is -3.49. The lowest BCUT2D eigenvalue weighted by Gasteiger charge is -2.17. The molecule has 0 radical (unpaired) electrons. The Hall–Kier alpha value is -3.89. The monoisotopic (exact) mass is 489 g/mol. The van der Waals surface area contributed by atoms with E-state index < -0.39 is 9.84 Å². The lowest BCUT2D eigenvalue weighted by molar-refractivity contribution is 0.0950. The number of aromatic nitrogens is 3. The van der Waals surface area contributed by atoms with Crippen LogP contribution in [-0.2, 0) is 27.7 Å². The summed E-state index contributed by atoms with van der Waals surface area (Å²) >= 11 is 0. The molecule has 0 saturated carbocycles. The minimum Gasteiger partial charge on any atom is -0.376 e. The van der Waals surface area contributed by atoms with Crippen molar-refractivity contribution in [1.82, 2.24) is 20.3 Å². The van der Waals surface area contributed by atoms with E-state index in [2.05, 4.69) is 15.3 Å². The van der Waals surface area contributed by atoms with Crippen LogP contribution in [0.3, 0.4) is 0 Å². The molecule has 0 aliphatic carbocycles. The fourth-order valence-electron chi connectivity index (χ4n) is 3.84. The Morgan fingerprint density at radius 3 is 2.80 bits per heavy atom. The van der Waals surface area contributed by atoms with Crippen molar-refractivity contribution in [3.05, 3.63) is 83.8 Å². The highest BCUT2D eigenvalue weighted by Crippen LogP contribution is 2.24. The van der Waals surface area contributed by atoms with Gasteiger partial charge < -0.3 is 15.0 Å². The van der Waals surface area contributed by atoms with Gasteiger partial charge in [0.15, 0.2) is 9.84 Å². The fourth-order valence-corrected chi connectivity index (χ4v) is 5.23. The van der Waals surface area contributed by atoms with E-state index in [1.807, 2.05) is 48.3 Å². The molecule has 1 aliphatic heterocycles. The van der Waals surface area contributed by atoms with Crippen LogP contribution in [0.4, 0.5) is 11.6 Å². The van der Waals surface area contributed by atoms with E-state index in [1.165, 1.54) is 6.07 Å². The summed E-state index contributed by atoms with van der Waals surface area (Å²) in [7, 11) is -1.60. The molecule has 1 aromatic carbocycles. The molecule has 5 rings (SSSR count). The molecule has 0 unspecified atom stereocenters. The number of hydrogen-bond donors (Lipinski definition) is 1. The molecule has 0 spiro atoms. The van der Waals surface area contributed by atoms with Crippen molar-refractivity contribution in [1.29, 1.82) is 0 Å². The summed E-state index contributed by atoms with van der Waals surface area (Å²) in [6.07, 6.45) is 3.44. The quantitative estimate of drug-likeness (QED) is 0.455. The zero-order chi connectivity index (χ0) is 24.4. The fraction of sp³-hybridized carbons (Fsp3) is 0.200. The highest BCUT2D eigenvalue weighted by Gasteiger charge is 2.23. The summed E-state index contributed by atoms with van der Waals surface area (Å²) in [5, 5.41) is 3.69. The Morgan fingerprint density at radius 2 is 1.97 bits per heavy atom. The predicted molar refractivity (Wildman–Crippen MR) is 131 cm³/mol. The van der Waals surface area contributed by atoms with Gasteiger partial charge in [-0.15, -0.1) is 0 Å². The molecule has 9 nitrogen and oxygen atoms in total. The van der Waals surface area contributed by atoms with Crippen LogP contribution in [0.2, 0.25) is 0 Å². The van der Waals surface area contributed by atoms with Gasteiger partial charge >= 0.3 is 0 Å². The van der Waals surface area contributed by atoms with Crippen molar-refractivity contribution in [2.45, 2.75) is 18.0 Å². The third-order valence-electron chi connectivity index (χ3n) is 5.80. The number of benzene rings is 1. The van der Waals surface area contributed by atoms with Gasteiger partial charge in [-0.2, -0.15) is 0 Å². The zero-order valence-corrected chi connectivity index (χ0v) is 19.8. The summed E-state index contributed by atoms with van der Waals surface area (Å²) in [6, 6.07) is 16.0. The van der Waals surface area contributed by atoms with E-state index in [0.717, 1.165) is 22.5 Å². The molecule has 4 heterocycles. The van der Waals surface area contributed by atoms with Gasteiger partial charge in [0.25, 0.3) is 5.91 Å². The lowest BCUT2D eigenvalue weighted by atomic mass is 10.1. The van der Waals surface area contributed by atoms with Crippen molar-refractivity contribution in [3.8, 4) is 0 Å². The number of rotatable bonds is 5. The first-order valence-electron chi connectivity index (χ1n) is 11.0. The number of nitrogens with one attached hydrogen (secondary N) is 1. The largest absolute Gasteiger partial charge is 0.376 e. The van der Waals surface area contributed by atoms with Crippen LogP contribution in [0.5, 0.6) is 0 Å². The van der Waals surface area contributed by atoms with Crippen molar-refractivity contribution in [3.63, 3.8) is 0 Å². The van der Waals surface area contributed by atoms with Gasteiger partial charge in [-0.1, -0.05) is 12.1 Å². The Bertz CT molecular complexity index is 1510. The number of anilines is 2. The second kappa shape index (κ2) is 9.40. The van der Waals surface area contributed by atoms with E-state index in [1.54, 1.807) is 24.5 Å². The number of carbonyl (C=O) groups is 1. The Labute approximate surface area is 202 Å². The van der Waals surface area contributed by atoms with Gasteiger partial charge in [0.05, 0.1) is 41.6 Å². The maximum atomic E-state index is 12.8. The maximum absolute atomic E-state index is 12.8. The molecule has 1 N–H and O–H groups in total. The van der Waals surface area contributed by atoms with Gasteiger partial charge in [0.1, 0.15) is 11.6 Å². The molecule has 0 saturated heterocycles. The normalized spacial score (nSPS) is 14.7. The summed E-state index contributed by atoms with van der Waals surface area (Å²) in [6.45, 7) is 0.519. The molecule has 1 aliphatic rings. The van der Waals surface area contributed by atoms with Crippen LogP contribution in [0.15, 0.2) is 71.9 Å². The van der Waals surface area contributed by atoms with Crippen LogP contribution in [0.1, 0.15) is 21.6 Å². The van der Waals surface area contributed by atoms with Gasteiger partial charge in [-0.3, -0.25) is 9.78 Å². The first kappa shape index (κ1) is 22.9. The number of sulfone groups is 1. The van der Waals surface area contributed by atoms with E-state index in [9.17, 15) is 13.2 Å². The van der Waals surface area contributed by atoms with E-state index in [-0.39, 0.29) is 41.9 Å². The SMILES string of the molecule is CN(c1ccccn1)c1ccc2cnc(CNC(=O)c3ccc4c(c3)S(=O)(=O)CCOC4)cc2n1. The second-order valence-corrected chi connectivity index (χ2v) is 10.2. The Kier molecular flexibility index (Phi) is 6.14. The van der Waals surface area contributed by atoms with Gasteiger partial charge in [0, 0.05) is 30.4 Å². The van der Waals surface area contributed by atoms with Crippen molar-refractivity contribution in [2.75, 3.05) is 24.3 Å². The molecule has 10 heteroatoms. The average Bonchev–Trinajstić information content (AvgIpc) is 3.04. The number of amides is 1. The van der Waals surface area contributed by atoms with Gasteiger partial charge in [-0.05, 0) is 48.0 Å². The van der Waals surface area contributed by atoms with Crippen molar-refractivity contribution in [2.24, 2.45) is 0 Å². The van der Waals surface area contributed by atoms with Crippen LogP contribution in [0, 0.1) is 0 Å². The Morgan fingerprint density at radius 1 is 1.09 bits per heavy atom. The molecule has 178 valence electrons. The number of nitrogens with zero attached hydrogens (tertiary/aromatic N) is 4. The molecule has 0 atom stereocenters. The topological polar surface area (TPSA) is 114 Å². The molecule has 4 aromatic rings. The smallest absolute Gasteiger partial charge is 0.251 e. The second-order valence-electron chi connectivity index (χ2n) is 8.16. The Balaban J connectivity index is 1.34. The number of hydrogen-bond acceptors (Lipinski definition) is 8. The summed E-state index contributed by atoms with van der Waals surface area (Å²) in [5.41, 5.74) is 2.20. The predicted octanol–water partition coefficient (Wildman–Crippen LogP) is 3.03. The minimum absolute atomic E-state index is 0.101. The third-order valence-corrected chi connectivity index (χ3v) is 7.55. The molecule has 0 bridgehead atoms. The molecule has 3 aromatic heterocycles. The van der Waals surface area contributed by atoms with Crippen LogP contribution in [-0.4, -0.2) is 48.7 Å². The van der Waals surface area contributed by atoms with E-state index >= 15 is 0 Å². The number of pyridine rings is 3. The molecule has 0 fully saturated rings. The standard InChI is InChI=1S/C25H23N5O4S/c1-30(23-4-2-3-9-26-23)24-8-7-18-14-27-20(13-21(18)29-24)15-28-25(31)17-5-6-19-16-34-10-11-35(32,33)22(19)12-17/h2-9,12-14H,10-11,15-16H2,1H3,(H,28,31). The van der Waals surface area contributed by atoms with E-state index in [4.69, 9.17) is 9.72 Å². The van der Waals surface area contributed by atoms with Crippen LogP contribution < -0.4 is 10.2 Å².